The minimum absolute atomic E-state index is 0.560. The summed E-state index contributed by atoms with van der Waals surface area (Å²) in [6.45, 7) is 6.50. The topological polar surface area (TPSA) is 41.8 Å². The van der Waals surface area contributed by atoms with E-state index in [1.54, 1.807) is 6.92 Å². The molecule has 0 atom stereocenters. The first kappa shape index (κ1) is 14.1. The number of hydrogen-bond acceptors (Lipinski definition) is 3. The van der Waals surface area contributed by atoms with Crippen molar-refractivity contribution < 1.29 is 9.94 Å². The van der Waals surface area contributed by atoms with Gasteiger partial charge in [0.2, 0.25) is 0 Å². The Bertz CT molecular complexity index is 595. The van der Waals surface area contributed by atoms with Gasteiger partial charge in [0.1, 0.15) is 12.4 Å². The number of hydrogen-bond donors (Lipinski definition) is 1. The highest BCUT2D eigenvalue weighted by molar-refractivity contribution is 5.98. The first-order valence-corrected chi connectivity index (χ1v) is 6.59. The molecule has 0 bridgehead atoms. The normalized spacial score (nSPS) is 11.4. The summed E-state index contributed by atoms with van der Waals surface area (Å²) in [6, 6.07) is 13.8. The molecule has 0 radical (unpaired) electrons. The monoisotopic (exact) mass is 269 g/mol. The summed E-state index contributed by atoms with van der Waals surface area (Å²) in [5.74, 6) is 0.808. The highest BCUT2D eigenvalue weighted by Crippen LogP contribution is 2.18. The first-order valence-electron chi connectivity index (χ1n) is 6.59. The van der Waals surface area contributed by atoms with Crippen LogP contribution in [-0.4, -0.2) is 10.9 Å². The van der Waals surface area contributed by atoms with Crippen LogP contribution in [0, 0.1) is 13.8 Å². The van der Waals surface area contributed by atoms with Gasteiger partial charge >= 0.3 is 0 Å². The Labute approximate surface area is 119 Å². The zero-order chi connectivity index (χ0) is 14.5. The van der Waals surface area contributed by atoms with E-state index < -0.39 is 0 Å². The number of rotatable bonds is 4. The highest BCUT2D eigenvalue weighted by atomic mass is 16.5. The van der Waals surface area contributed by atoms with Crippen LogP contribution in [0.1, 0.15) is 29.2 Å². The fourth-order valence-corrected chi connectivity index (χ4v) is 2.08. The van der Waals surface area contributed by atoms with Crippen molar-refractivity contribution >= 4 is 5.71 Å². The summed E-state index contributed by atoms with van der Waals surface area (Å²) >= 11 is 0. The van der Waals surface area contributed by atoms with Gasteiger partial charge in [0.15, 0.2) is 0 Å². The highest BCUT2D eigenvalue weighted by Gasteiger charge is 2.04. The molecule has 2 rings (SSSR count). The molecule has 0 aliphatic carbocycles. The Balaban J connectivity index is 2.08. The Morgan fingerprint density at radius 2 is 1.65 bits per heavy atom. The molecule has 2 aromatic carbocycles. The van der Waals surface area contributed by atoms with Gasteiger partial charge in [-0.3, -0.25) is 0 Å². The lowest BCUT2D eigenvalue weighted by atomic mass is 10.0. The molecule has 0 saturated heterocycles. The van der Waals surface area contributed by atoms with Crippen LogP contribution in [0.2, 0.25) is 0 Å². The molecule has 0 amide bonds. The number of nitrogens with zero attached hydrogens (tertiary/aromatic N) is 1. The smallest absolute Gasteiger partial charge is 0.119 e. The Kier molecular flexibility index (Phi) is 4.41. The van der Waals surface area contributed by atoms with E-state index >= 15 is 0 Å². The average molecular weight is 269 g/mol. The molecule has 0 aliphatic heterocycles. The summed E-state index contributed by atoms with van der Waals surface area (Å²) in [6.07, 6.45) is 0. The fourth-order valence-electron chi connectivity index (χ4n) is 2.08. The molecule has 104 valence electrons. The van der Waals surface area contributed by atoms with Gasteiger partial charge in [0, 0.05) is 0 Å². The molecule has 0 heterocycles. The molecule has 2 aromatic rings. The van der Waals surface area contributed by atoms with Crippen LogP contribution < -0.4 is 4.74 Å². The quantitative estimate of drug-likeness (QED) is 0.516. The van der Waals surface area contributed by atoms with Crippen LogP contribution >= 0.6 is 0 Å². The molecule has 0 unspecified atom stereocenters. The van der Waals surface area contributed by atoms with Crippen molar-refractivity contribution in [3.63, 3.8) is 0 Å². The summed E-state index contributed by atoms with van der Waals surface area (Å²) < 4.78 is 5.82. The van der Waals surface area contributed by atoms with Gasteiger partial charge in [-0.1, -0.05) is 23.4 Å². The van der Waals surface area contributed by atoms with Crippen LogP contribution in [-0.2, 0) is 6.61 Å². The summed E-state index contributed by atoms with van der Waals surface area (Å²) in [5, 5.41) is 11.9. The van der Waals surface area contributed by atoms with Crippen molar-refractivity contribution in [2.24, 2.45) is 5.16 Å². The largest absolute Gasteiger partial charge is 0.489 e. The lowest BCUT2D eigenvalue weighted by Crippen LogP contribution is -2.01. The lowest BCUT2D eigenvalue weighted by molar-refractivity contribution is 0.304. The average Bonchev–Trinajstić information content (AvgIpc) is 2.46. The van der Waals surface area contributed by atoms with E-state index in [9.17, 15) is 0 Å². The third-order valence-electron chi connectivity index (χ3n) is 3.45. The van der Waals surface area contributed by atoms with Crippen molar-refractivity contribution in [1.29, 1.82) is 0 Å². The van der Waals surface area contributed by atoms with Crippen molar-refractivity contribution in [3.8, 4) is 5.75 Å². The van der Waals surface area contributed by atoms with Crippen LogP contribution in [0.5, 0.6) is 5.75 Å². The fraction of sp³-hybridized carbons (Fsp3) is 0.235. The maximum atomic E-state index is 8.73. The van der Waals surface area contributed by atoms with Gasteiger partial charge in [0.05, 0.1) is 5.71 Å². The van der Waals surface area contributed by atoms with E-state index in [-0.39, 0.29) is 0 Å². The summed E-state index contributed by atoms with van der Waals surface area (Å²) in [7, 11) is 0. The second-order valence-corrected chi connectivity index (χ2v) is 4.87. The second-order valence-electron chi connectivity index (χ2n) is 4.87. The van der Waals surface area contributed by atoms with Gasteiger partial charge in [-0.15, -0.1) is 0 Å². The van der Waals surface area contributed by atoms with Gasteiger partial charge in [-0.25, -0.2) is 0 Å². The van der Waals surface area contributed by atoms with E-state index in [2.05, 4.69) is 37.2 Å². The van der Waals surface area contributed by atoms with Crippen LogP contribution in [0.15, 0.2) is 47.6 Å². The van der Waals surface area contributed by atoms with Crippen molar-refractivity contribution in [1.82, 2.24) is 0 Å². The second kappa shape index (κ2) is 6.24. The number of ether oxygens (including phenoxy) is 1. The van der Waals surface area contributed by atoms with E-state index in [0.717, 1.165) is 11.3 Å². The standard InChI is InChI=1S/C17H19NO2/c1-12-5-4-6-13(2)17(12)11-20-16-9-7-15(8-10-16)14(3)18-19/h4-10,19H,11H2,1-3H3/b18-14-. The first-order chi connectivity index (χ1) is 9.61. The van der Waals surface area contributed by atoms with Crippen molar-refractivity contribution in [2.45, 2.75) is 27.4 Å². The Morgan fingerprint density at radius 3 is 2.20 bits per heavy atom. The Morgan fingerprint density at radius 1 is 1.05 bits per heavy atom. The van der Waals surface area contributed by atoms with Gasteiger partial charge in [-0.2, -0.15) is 0 Å². The molecule has 0 saturated carbocycles. The zero-order valence-corrected chi connectivity index (χ0v) is 12.1. The van der Waals surface area contributed by atoms with E-state index in [1.165, 1.54) is 16.7 Å². The molecule has 0 spiro atoms. The van der Waals surface area contributed by atoms with E-state index in [1.807, 2.05) is 24.3 Å². The van der Waals surface area contributed by atoms with Gasteiger partial charge in [-0.05, 0) is 67.3 Å². The van der Waals surface area contributed by atoms with Crippen LogP contribution in [0.25, 0.3) is 0 Å². The SMILES string of the molecule is C/C(=N/O)c1ccc(OCc2c(C)cccc2C)cc1. The summed E-state index contributed by atoms with van der Waals surface area (Å²) in [4.78, 5) is 0. The van der Waals surface area contributed by atoms with Crippen molar-refractivity contribution in [2.75, 3.05) is 0 Å². The minimum Gasteiger partial charge on any atom is -0.489 e. The molecule has 20 heavy (non-hydrogen) atoms. The third kappa shape index (κ3) is 3.18. The lowest BCUT2D eigenvalue weighted by Gasteiger charge is -2.11. The number of benzene rings is 2. The maximum absolute atomic E-state index is 8.73. The zero-order valence-electron chi connectivity index (χ0n) is 12.1. The Hall–Kier alpha value is -2.29. The maximum Gasteiger partial charge on any atom is 0.119 e. The van der Waals surface area contributed by atoms with E-state index in [0.29, 0.717) is 12.3 Å². The molecular weight excluding hydrogens is 250 g/mol. The van der Waals surface area contributed by atoms with Gasteiger partial charge < -0.3 is 9.94 Å². The molecule has 3 nitrogen and oxygen atoms in total. The van der Waals surface area contributed by atoms with Crippen LogP contribution in [0.4, 0.5) is 0 Å². The predicted molar refractivity (Wildman–Crippen MR) is 80.7 cm³/mol. The molecule has 0 aliphatic rings. The third-order valence-corrected chi connectivity index (χ3v) is 3.45. The predicted octanol–water partition coefficient (Wildman–Crippen LogP) is 4.08. The van der Waals surface area contributed by atoms with Gasteiger partial charge in [0.25, 0.3) is 0 Å². The molecular formula is C17H19NO2. The number of aryl methyl sites for hydroxylation is 2. The minimum atomic E-state index is 0.560. The molecule has 1 N–H and O–H groups in total. The number of oxime groups is 1. The molecule has 0 fully saturated rings. The molecule has 0 aromatic heterocycles. The molecule has 3 heteroatoms. The van der Waals surface area contributed by atoms with Crippen molar-refractivity contribution in [3.05, 3.63) is 64.7 Å². The van der Waals surface area contributed by atoms with E-state index in [4.69, 9.17) is 9.94 Å². The summed E-state index contributed by atoms with van der Waals surface area (Å²) in [5.41, 5.74) is 5.18. The van der Waals surface area contributed by atoms with Crippen LogP contribution in [0.3, 0.4) is 0 Å².